The molecule has 0 saturated carbocycles. The molecule has 3 rings (SSSR count). The molecule has 0 unspecified atom stereocenters. The Hall–Kier alpha value is -3.01. The summed E-state index contributed by atoms with van der Waals surface area (Å²) in [6.45, 7) is 3.75. The summed E-state index contributed by atoms with van der Waals surface area (Å²) in [6.07, 6.45) is 0. The molecule has 10 heteroatoms. The van der Waals surface area contributed by atoms with Crippen molar-refractivity contribution in [3.8, 4) is 23.0 Å². The summed E-state index contributed by atoms with van der Waals surface area (Å²) in [4.78, 5) is 12.3. The molecule has 0 saturated heterocycles. The summed E-state index contributed by atoms with van der Waals surface area (Å²) in [5.74, 6) is 1.51. The average molecular weight is 403 g/mol. The highest BCUT2D eigenvalue weighted by molar-refractivity contribution is 7.99. The Morgan fingerprint density at radius 3 is 2.43 bits per heavy atom. The zero-order valence-corrected chi connectivity index (χ0v) is 17.1. The van der Waals surface area contributed by atoms with Crippen LogP contribution in [0.15, 0.2) is 27.8 Å². The molecule has 148 valence electrons. The number of anilines is 1. The normalized spacial score (nSPS) is 10.8. The number of carbonyl (C=O) groups is 1. The lowest BCUT2D eigenvalue weighted by atomic mass is 10.2. The highest BCUT2D eigenvalue weighted by Crippen LogP contribution is 2.30. The number of nitrogens with zero attached hydrogens (tertiary/aromatic N) is 4. The second-order valence-electron chi connectivity index (χ2n) is 5.98. The third kappa shape index (κ3) is 4.28. The van der Waals surface area contributed by atoms with Crippen molar-refractivity contribution in [2.45, 2.75) is 19.1 Å². The molecule has 3 aromatic rings. The molecule has 0 radical (unpaired) electrons. The van der Waals surface area contributed by atoms with Crippen LogP contribution in [-0.2, 0) is 11.8 Å². The molecule has 1 N–H and O–H groups in total. The first-order valence-corrected chi connectivity index (χ1v) is 9.39. The summed E-state index contributed by atoms with van der Waals surface area (Å²) in [5.41, 5.74) is 3.05. The third-order valence-electron chi connectivity index (χ3n) is 4.11. The lowest BCUT2D eigenvalue weighted by Crippen LogP contribution is -2.15. The van der Waals surface area contributed by atoms with Crippen LogP contribution in [0.1, 0.15) is 11.4 Å². The van der Waals surface area contributed by atoms with Gasteiger partial charge < -0.3 is 19.2 Å². The van der Waals surface area contributed by atoms with Crippen molar-refractivity contribution in [3.05, 3.63) is 29.6 Å². The van der Waals surface area contributed by atoms with Crippen molar-refractivity contribution in [1.82, 2.24) is 20.0 Å². The molecule has 1 amide bonds. The number of rotatable bonds is 7. The lowest BCUT2D eigenvalue weighted by molar-refractivity contribution is -0.113. The standard InChI is InChI=1S/C18H21N5O4S/c1-10-16(11(2)23(3)22-10)19-15(24)9-28-18-21-20-17(27-18)12-6-13(25-4)8-14(7-12)26-5/h6-8H,9H2,1-5H3,(H,19,24). The summed E-state index contributed by atoms with van der Waals surface area (Å²) in [5, 5.41) is 15.5. The fourth-order valence-electron chi connectivity index (χ4n) is 2.57. The summed E-state index contributed by atoms with van der Waals surface area (Å²) < 4.78 is 17.9. The fraction of sp³-hybridized carbons (Fsp3) is 0.333. The molecule has 0 atom stereocenters. The number of hydrogen-bond acceptors (Lipinski definition) is 8. The van der Waals surface area contributed by atoms with Gasteiger partial charge in [0.25, 0.3) is 5.22 Å². The second kappa shape index (κ2) is 8.34. The molecule has 0 aliphatic heterocycles. The predicted molar refractivity (Wildman–Crippen MR) is 105 cm³/mol. The molecule has 0 fully saturated rings. The van der Waals surface area contributed by atoms with E-state index in [9.17, 15) is 4.79 Å². The molecule has 9 nitrogen and oxygen atoms in total. The number of aryl methyl sites for hydroxylation is 2. The van der Waals surface area contributed by atoms with Crippen LogP contribution in [0.5, 0.6) is 11.5 Å². The van der Waals surface area contributed by atoms with Crippen molar-refractivity contribution in [2.24, 2.45) is 7.05 Å². The zero-order valence-electron chi connectivity index (χ0n) is 16.3. The fourth-order valence-corrected chi connectivity index (χ4v) is 3.14. The van der Waals surface area contributed by atoms with Crippen LogP contribution in [-0.4, -0.2) is 45.9 Å². The predicted octanol–water partition coefficient (Wildman–Crippen LogP) is 2.83. The van der Waals surface area contributed by atoms with E-state index in [4.69, 9.17) is 13.9 Å². The van der Waals surface area contributed by atoms with Gasteiger partial charge in [-0.2, -0.15) is 5.10 Å². The largest absolute Gasteiger partial charge is 0.497 e. The summed E-state index contributed by atoms with van der Waals surface area (Å²) >= 11 is 1.16. The van der Waals surface area contributed by atoms with Crippen LogP contribution in [0.4, 0.5) is 5.69 Å². The number of benzene rings is 1. The van der Waals surface area contributed by atoms with Gasteiger partial charge >= 0.3 is 0 Å². The minimum atomic E-state index is -0.174. The van der Waals surface area contributed by atoms with Gasteiger partial charge in [-0.3, -0.25) is 9.48 Å². The molecular weight excluding hydrogens is 382 g/mol. The van der Waals surface area contributed by atoms with Gasteiger partial charge in [0.1, 0.15) is 11.5 Å². The van der Waals surface area contributed by atoms with Gasteiger partial charge in [0.2, 0.25) is 11.8 Å². The Morgan fingerprint density at radius 2 is 1.86 bits per heavy atom. The van der Waals surface area contributed by atoms with Crippen LogP contribution < -0.4 is 14.8 Å². The number of hydrogen-bond donors (Lipinski definition) is 1. The Bertz CT molecular complexity index is 976. The van der Waals surface area contributed by atoms with Crippen molar-refractivity contribution >= 4 is 23.4 Å². The van der Waals surface area contributed by atoms with Gasteiger partial charge in [0.15, 0.2) is 0 Å². The highest BCUT2D eigenvalue weighted by atomic mass is 32.2. The molecular formula is C18H21N5O4S. The number of ether oxygens (including phenoxy) is 2. The van der Waals surface area contributed by atoms with Crippen LogP contribution in [0.25, 0.3) is 11.5 Å². The minimum Gasteiger partial charge on any atom is -0.497 e. The molecule has 2 aromatic heterocycles. The van der Waals surface area contributed by atoms with Crippen molar-refractivity contribution in [3.63, 3.8) is 0 Å². The van der Waals surface area contributed by atoms with Crippen LogP contribution in [0.2, 0.25) is 0 Å². The van der Waals surface area contributed by atoms with Gasteiger partial charge in [-0.15, -0.1) is 10.2 Å². The Labute approximate surface area is 166 Å². The number of nitrogens with one attached hydrogen (secondary N) is 1. The first-order valence-electron chi connectivity index (χ1n) is 8.41. The number of methoxy groups -OCH3 is 2. The van der Waals surface area contributed by atoms with Crippen LogP contribution >= 0.6 is 11.8 Å². The third-order valence-corrected chi connectivity index (χ3v) is 4.92. The van der Waals surface area contributed by atoms with E-state index in [1.54, 1.807) is 37.1 Å². The van der Waals surface area contributed by atoms with Gasteiger partial charge in [-0.1, -0.05) is 11.8 Å². The van der Waals surface area contributed by atoms with Gasteiger partial charge in [-0.05, 0) is 26.0 Å². The van der Waals surface area contributed by atoms with Gasteiger partial charge in [0.05, 0.1) is 37.0 Å². The lowest BCUT2D eigenvalue weighted by Gasteiger charge is -2.05. The van der Waals surface area contributed by atoms with Crippen molar-refractivity contribution in [1.29, 1.82) is 0 Å². The van der Waals surface area contributed by atoms with E-state index in [1.807, 2.05) is 20.9 Å². The minimum absolute atomic E-state index is 0.136. The van der Waals surface area contributed by atoms with Crippen LogP contribution in [0, 0.1) is 13.8 Å². The van der Waals surface area contributed by atoms with Crippen molar-refractivity contribution < 1.29 is 18.7 Å². The topological polar surface area (TPSA) is 104 Å². The smallest absolute Gasteiger partial charge is 0.277 e. The van der Waals surface area contributed by atoms with E-state index in [-0.39, 0.29) is 11.7 Å². The maximum absolute atomic E-state index is 12.3. The van der Waals surface area contributed by atoms with Gasteiger partial charge in [0, 0.05) is 18.7 Å². The SMILES string of the molecule is COc1cc(OC)cc(-c2nnc(SCC(=O)Nc3c(C)nn(C)c3C)o2)c1. The monoisotopic (exact) mass is 403 g/mol. The molecule has 28 heavy (non-hydrogen) atoms. The average Bonchev–Trinajstić information content (AvgIpc) is 3.26. The first kappa shape index (κ1) is 19.7. The molecule has 0 aliphatic rings. The number of aromatic nitrogens is 4. The summed E-state index contributed by atoms with van der Waals surface area (Å²) in [6, 6.07) is 5.29. The van der Waals surface area contributed by atoms with E-state index in [0.29, 0.717) is 28.2 Å². The molecule has 2 heterocycles. The number of amides is 1. The Morgan fingerprint density at radius 1 is 1.18 bits per heavy atom. The van der Waals surface area contributed by atoms with Gasteiger partial charge in [-0.25, -0.2) is 0 Å². The summed E-state index contributed by atoms with van der Waals surface area (Å²) in [7, 11) is 4.97. The molecule has 0 bridgehead atoms. The maximum Gasteiger partial charge on any atom is 0.277 e. The molecule has 1 aromatic carbocycles. The number of carbonyl (C=O) groups excluding carboxylic acids is 1. The van der Waals surface area contributed by atoms with E-state index in [2.05, 4.69) is 20.6 Å². The van der Waals surface area contributed by atoms with Crippen LogP contribution in [0.3, 0.4) is 0 Å². The van der Waals surface area contributed by atoms with E-state index >= 15 is 0 Å². The van der Waals surface area contributed by atoms with E-state index < -0.39 is 0 Å². The molecule has 0 aliphatic carbocycles. The molecule has 0 spiro atoms. The number of thioether (sulfide) groups is 1. The van der Waals surface area contributed by atoms with E-state index in [1.165, 1.54) is 0 Å². The maximum atomic E-state index is 12.3. The first-order chi connectivity index (χ1) is 13.4. The second-order valence-corrected chi connectivity index (χ2v) is 6.91. The van der Waals surface area contributed by atoms with Crippen molar-refractivity contribution in [2.75, 3.05) is 25.3 Å². The Kier molecular flexibility index (Phi) is 5.88. The highest BCUT2D eigenvalue weighted by Gasteiger charge is 2.16. The Balaban J connectivity index is 1.66. The van der Waals surface area contributed by atoms with E-state index in [0.717, 1.165) is 28.8 Å². The quantitative estimate of drug-likeness (QED) is 0.601. The zero-order chi connectivity index (χ0) is 20.3.